The number of nitrogens with one attached hydrogen (secondary N) is 2. The van der Waals surface area contributed by atoms with E-state index in [4.69, 9.17) is 24.3 Å². The SMILES string of the molecule is COc1cc(-c2nc3n(n2)C(c2cccnc2)C(C(=O)Nc2ccccc2)=C(C)N3)cc(OC)c1OC. The number of nitrogens with zero attached hydrogens (tertiary/aromatic N) is 4. The fourth-order valence-corrected chi connectivity index (χ4v) is 4.34. The number of methoxy groups -OCH3 is 3. The van der Waals surface area contributed by atoms with Gasteiger partial charge in [0.15, 0.2) is 17.3 Å². The molecule has 0 fully saturated rings. The molecule has 1 atom stereocenters. The summed E-state index contributed by atoms with van der Waals surface area (Å²) in [4.78, 5) is 22.6. The first-order valence-electron chi connectivity index (χ1n) is 11.5. The van der Waals surface area contributed by atoms with Gasteiger partial charge in [-0.15, -0.1) is 5.10 Å². The molecule has 10 nitrogen and oxygen atoms in total. The van der Waals surface area contributed by atoms with Crippen LogP contribution in [0.25, 0.3) is 11.4 Å². The number of benzene rings is 2. The van der Waals surface area contributed by atoms with Gasteiger partial charge in [-0.3, -0.25) is 9.78 Å². The molecule has 0 spiro atoms. The third-order valence-electron chi connectivity index (χ3n) is 6.05. The van der Waals surface area contributed by atoms with Gasteiger partial charge in [-0.25, -0.2) is 4.68 Å². The molecule has 0 aliphatic carbocycles. The quantitative estimate of drug-likeness (QED) is 0.388. The molecule has 1 aliphatic rings. The molecule has 10 heteroatoms. The number of anilines is 2. The number of fused-ring (bicyclic) bond motifs is 1. The van der Waals surface area contributed by atoms with E-state index in [-0.39, 0.29) is 5.91 Å². The lowest BCUT2D eigenvalue weighted by atomic mass is 9.96. The van der Waals surface area contributed by atoms with Gasteiger partial charge in [0.25, 0.3) is 5.91 Å². The van der Waals surface area contributed by atoms with E-state index < -0.39 is 6.04 Å². The minimum Gasteiger partial charge on any atom is -0.493 e. The van der Waals surface area contributed by atoms with Crippen LogP contribution in [0, 0.1) is 0 Å². The number of hydrogen-bond donors (Lipinski definition) is 2. The minimum atomic E-state index is -0.558. The molecule has 3 heterocycles. The van der Waals surface area contributed by atoms with E-state index in [0.29, 0.717) is 51.5 Å². The second-order valence-electron chi connectivity index (χ2n) is 8.29. The molecule has 4 aromatic rings. The lowest BCUT2D eigenvalue weighted by molar-refractivity contribution is -0.113. The second kappa shape index (κ2) is 10.0. The first-order valence-corrected chi connectivity index (χ1v) is 11.5. The number of ether oxygens (including phenoxy) is 3. The first kappa shape index (κ1) is 23.9. The standard InChI is InChI=1S/C27H26N6O4/c1-16-22(26(34)30-19-10-6-5-7-11-19)23(17-9-8-12-28-15-17)33-27(29-16)31-25(32-33)18-13-20(35-2)24(37-4)21(14-18)36-3/h5-15,23H,1-4H3,(H,30,34)(H,29,31,32). The van der Waals surface area contributed by atoms with Crippen molar-refractivity contribution >= 4 is 17.5 Å². The molecule has 0 radical (unpaired) electrons. The summed E-state index contributed by atoms with van der Waals surface area (Å²) in [5.74, 6) is 2.11. The fraction of sp³-hybridized carbons (Fsp3) is 0.185. The van der Waals surface area contributed by atoms with Crippen molar-refractivity contribution in [3.63, 3.8) is 0 Å². The monoisotopic (exact) mass is 498 g/mol. The number of para-hydroxylation sites is 1. The van der Waals surface area contributed by atoms with Crippen LogP contribution in [0.1, 0.15) is 18.5 Å². The number of carbonyl (C=O) groups excluding carboxylic acids is 1. The third-order valence-corrected chi connectivity index (χ3v) is 6.05. The highest BCUT2D eigenvalue weighted by molar-refractivity contribution is 6.06. The summed E-state index contributed by atoms with van der Waals surface area (Å²) >= 11 is 0. The summed E-state index contributed by atoms with van der Waals surface area (Å²) in [7, 11) is 4.65. The van der Waals surface area contributed by atoms with E-state index in [2.05, 4.69) is 15.6 Å². The Kier molecular flexibility index (Phi) is 6.46. The summed E-state index contributed by atoms with van der Waals surface area (Å²) in [6, 6.07) is 16.1. The Hall–Kier alpha value is -4.86. The minimum absolute atomic E-state index is 0.250. The fourth-order valence-electron chi connectivity index (χ4n) is 4.34. The molecule has 1 amide bonds. The Balaban J connectivity index is 1.61. The predicted octanol–water partition coefficient (Wildman–Crippen LogP) is 4.29. The maximum absolute atomic E-state index is 13.5. The van der Waals surface area contributed by atoms with Gasteiger partial charge in [-0.05, 0) is 42.8 Å². The van der Waals surface area contributed by atoms with Crippen LogP contribution in [0.3, 0.4) is 0 Å². The molecule has 37 heavy (non-hydrogen) atoms. The maximum atomic E-state index is 13.5. The van der Waals surface area contributed by atoms with E-state index in [0.717, 1.165) is 5.56 Å². The van der Waals surface area contributed by atoms with Crippen LogP contribution in [0.5, 0.6) is 17.2 Å². The molecule has 188 valence electrons. The molecular formula is C27H26N6O4. The Labute approximate surface area is 213 Å². The predicted molar refractivity (Wildman–Crippen MR) is 139 cm³/mol. The number of allylic oxidation sites excluding steroid dienone is 1. The Morgan fingerprint density at radius 1 is 1.00 bits per heavy atom. The van der Waals surface area contributed by atoms with E-state index >= 15 is 0 Å². The number of rotatable bonds is 7. The van der Waals surface area contributed by atoms with Crippen LogP contribution in [-0.4, -0.2) is 47.0 Å². The topological polar surface area (TPSA) is 112 Å². The molecule has 2 aromatic heterocycles. The van der Waals surface area contributed by atoms with Crippen molar-refractivity contribution in [1.29, 1.82) is 0 Å². The summed E-state index contributed by atoms with van der Waals surface area (Å²) < 4.78 is 18.1. The van der Waals surface area contributed by atoms with Gasteiger partial charge >= 0.3 is 0 Å². The average Bonchev–Trinajstić information content (AvgIpc) is 3.36. The van der Waals surface area contributed by atoms with Crippen LogP contribution < -0.4 is 24.8 Å². The zero-order chi connectivity index (χ0) is 25.9. The van der Waals surface area contributed by atoms with Crippen molar-refractivity contribution in [2.45, 2.75) is 13.0 Å². The lowest BCUT2D eigenvalue weighted by Gasteiger charge is -2.28. The van der Waals surface area contributed by atoms with Crippen molar-refractivity contribution in [2.75, 3.05) is 32.0 Å². The summed E-state index contributed by atoms with van der Waals surface area (Å²) in [6.45, 7) is 1.85. The van der Waals surface area contributed by atoms with Crippen LogP contribution in [0.2, 0.25) is 0 Å². The molecule has 0 saturated heterocycles. The van der Waals surface area contributed by atoms with Crippen LogP contribution in [0.4, 0.5) is 11.6 Å². The lowest BCUT2D eigenvalue weighted by Crippen LogP contribution is -2.31. The average molecular weight is 499 g/mol. The van der Waals surface area contributed by atoms with Gasteiger partial charge in [0, 0.05) is 29.3 Å². The Morgan fingerprint density at radius 3 is 2.35 bits per heavy atom. The van der Waals surface area contributed by atoms with E-state index in [9.17, 15) is 4.79 Å². The van der Waals surface area contributed by atoms with E-state index in [1.54, 1.807) is 50.5 Å². The van der Waals surface area contributed by atoms with Gasteiger partial charge in [0.05, 0.1) is 26.9 Å². The largest absolute Gasteiger partial charge is 0.493 e. The zero-order valence-corrected chi connectivity index (χ0v) is 20.9. The van der Waals surface area contributed by atoms with Crippen molar-refractivity contribution < 1.29 is 19.0 Å². The molecule has 1 aliphatic heterocycles. The maximum Gasteiger partial charge on any atom is 0.255 e. The highest BCUT2D eigenvalue weighted by atomic mass is 16.5. The van der Waals surface area contributed by atoms with Gasteiger partial charge in [0.2, 0.25) is 11.7 Å². The number of aromatic nitrogens is 4. The van der Waals surface area contributed by atoms with E-state index in [1.165, 1.54) is 0 Å². The smallest absolute Gasteiger partial charge is 0.255 e. The number of amides is 1. The number of pyridine rings is 1. The summed E-state index contributed by atoms with van der Waals surface area (Å²) in [5.41, 5.74) is 3.32. The van der Waals surface area contributed by atoms with E-state index in [1.807, 2.05) is 49.4 Å². The van der Waals surface area contributed by atoms with Gasteiger partial charge in [-0.1, -0.05) is 24.3 Å². The molecule has 0 saturated carbocycles. The number of carbonyl (C=O) groups is 1. The Bertz CT molecular complexity index is 1440. The highest BCUT2D eigenvalue weighted by Crippen LogP contribution is 2.42. The molecule has 2 N–H and O–H groups in total. The summed E-state index contributed by atoms with van der Waals surface area (Å²) in [6.07, 6.45) is 3.41. The van der Waals surface area contributed by atoms with Crippen molar-refractivity contribution in [2.24, 2.45) is 0 Å². The first-order chi connectivity index (χ1) is 18.0. The summed E-state index contributed by atoms with van der Waals surface area (Å²) in [5, 5.41) is 11.0. The second-order valence-corrected chi connectivity index (χ2v) is 8.29. The van der Waals surface area contributed by atoms with Crippen molar-refractivity contribution in [1.82, 2.24) is 19.7 Å². The third kappa shape index (κ3) is 4.44. The highest BCUT2D eigenvalue weighted by Gasteiger charge is 2.35. The molecular weight excluding hydrogens is 472 g/mol. The van der Waals surface area contributed by atoms with Gasteiger partial charge in [0.1, 0.15) is 6.04 Å². The van der Waals surface area contributed by atoms with Crippen molar-refractivity contribution in [3.05, 3.63) is 83.8 Å². The van der Waals surface area contributed by atoms with Crippen LogP contribution in [-0.2, 0) is 4.79 Å². The van der Waals surface area contributed by atoms with Gasteiger partial charge < -0.3 is 24.8 Å². The molecule has 2 aromatic carbocycles. The van der Waals surface area contributed by atoms with Crippen LogP contribution >= 0.6 is 0 Å². The molecule has 1 unspecified atom stereocenters. The van der Waals surface area contributed by atoms with Crippen molar-refractivity contribution in [3.8, 4) is 28.6 Å². The zero-order valence-electron chi connectivity index (χ0n) is 20.9. The normalized spacial score (nSPS) is 14.4. The number of hydrogen-bond acceptors (Lipinski definition) is 8. The Morgan fingerprint density at radius 2 is 1.73 bits per heavy atom. The molecule has 5 rings (SSSR count). The molecule has 0 bridgehead atoms. The van der Waals surface area contributed by atoms with Crippen LogP contribution in [0.15, 0.2) is 78.3 Å². The van der Waals surface area contributed by atoms with Gasteiger partial charge in [-0.2, -0.15) is 4.98 Å².